The Balaban J connectivity index is 1.87. The Morgan fingerprint density at radius 1 is 1.17 bits per heavy atom. The Bertz CT molecular complexity index is 758. The number of phenols is 1. The molecule has 2 aromatic rings. The third-order valence-electron chi connectivity index (χ3n) is 3.51. The predicted octanol–water partition coefficient (Wildman–Crippen LogP) is 3.35. The highest BCUT2D eigenvalue weighted by Crippen LogP contribution is 2.35. The van der Waals surface area contributed by atoms with Gasteiger partial charge in [-0.15, -0.1) is 0 Å². The van der Waals surface area contributed by atoms with Crippen molar-refractivity contribution in [1.29, 1.82) is 0 Å². The van der Waals surface area contributed by atoms with Gasteiger partial charge in [0.15, 0.2) is 6.10 Å². The number of hydrogen-bond acceptors (Lipinski definition) is 3. The highest BCUT2D eigenvalue weighted by Gasteiger charge is 2.35. The highest BCUT2D eigenvalue weighted by molar-refractivity contribution is 5.98. The van der Waals surface area contributed by atoms with Gasteiger partial charge >= 0.3 is 6.18 Å². The summed E-state index contributed by atoms with van der Waals surface area (Å²) in [6, 6.07) is 9.22. The van der Waals surface area contributed by atoms with Crippen LogP contribution in [0, 0.1) is 0 Å². The first-order valence-corrected chi connectivity index (χ1v) is 6.80. The normalized spacial score (nSPS) is 17.2. The topological polar surface area (TPSA) is 58.6 Å². The van der Waals surface area contributed by atoms with Gasteiger partial charge in [0.2, 0.25) is 0 Å². The Kier molecular flexibility index (Phi) is 3.63. The van der Waals surface area contributed by atoms with Crippen molar-refractivity contribution >= 4 is 11.6 Å². The van der Waals surface area contributed by atoms with Crippen LogP contribution in [0.4, 0.5) is 18.9 Å². The van der Waals surface area contributed by atoms with Crippen LogP contribution in [0.15, 0.2) is 42.5 Å². The summed E-state index contributed by atoms with van der Waals surface area (Å²) in [5, 5.41) is 11.9. The molecule has 1 aliphatic rings. The standard InChI is InChI=1S/C16H12F3NO3/c17-16(18,19)11-4-2-1-3-9(11)7-14-15(22)20-12-8-10(21)5-6-13(12)23-14/h1-6,8,14,21H,7H2,(H,20,22). The number of ether oxygens (including phenoxy) is 1. The molecule has 1 heterocycles. The van der Waals surface area contributed by atoms with Gasteiger partial charge in [0.25, 0.3) is 5.91 Å². The number of aromatic hydroxyl groups is 1. The van der Waals surface area contributed by atoms with Crippen LogP contribution in [0.25, 0.3) is 0 Å². The van der Waals surface area contributed by atoms with Crippen LogP contribution in [-0.4, -0.2) is 17.1 Å². The lowest BCUT2D eigenvalue weighted by Crippen LogP contribution is -2.38. The molecule has 1 unspecified atom stereocenters. The molecule has 0 aromatic heterocycles. The van der Waals surface area contributed by atoms with Crippen molar-refractivity contribution in [2.24, 2.45) is 0 Å². The Labute approximate surface area is 129 Å². The minimum atomic E-state index is -4.49. The second-order valence-corrected chi connectivity index (χ2v) is 5.14. The first kappa shape index (κ1) is 15.2. The summed E-state index contributed by atoms with van der Waals surface area (Å²) < 4.78 is 44.5. The van der Waals surface area contributed by atoms with Crippen molar-refractivity contribution in [2.75, 3.05) is 5.32 Å². The largest absolute Gasteiger partial charge is 0.508 e. The molecule has 1 aliphatic heterocycles. The van der Waals surface area contributed by atoms with Crippen LogP contribution in [-0.2, 0) is 17.4 Å². The molecule has 23 heavy (non-hydrogen) atoms. The summed E-state index contributed by atoms with van der Waals surface area (Å²) in [7, 11) is 0. The van der Waals surface area contributed by atoms with Gasteiger partial charge in [-0.3, -0.25) is 4.79 Å². The van der Waals surface area contributed by atoms with E-state index in [1.54, 1.807) is 0 Å². The average molecular weight is 323 g/mol. The number of nitrogens with one attached hydrogen (secondary N) is 1. The molecule has 7 heteroatoms. The first-order valence-electron chi connectivity index (χ1n) is 6.80. The Morgan fingerprint density at radius 3 is 2.65 bits per heavy atom. The van der Waals surface area contributed by atoms with E-state index in [-0.39, 0.29) is 23.4 Å². The molecule has 4 nitrogen and oxygen atoms in total. The SMILES string of the molecule is O=C1Nc2cc(O)ccc2OC1Cc1ccccc1C(F)(F)F. The van der Waals surface area contributed by atoms with Gasteiger partial charge in [0.1, 0.15) is 11.5 Å². The zero-order valence-electron chi connectivity index (χ0n) is 11.7. The van der Waals surface area contributed by atoms with Gasteiger partial charge in [0, 0.05) is 12.5 Å². The van der Waals surface area contributed by atoms with Crippen molar-refractivity contribution in [3.63, 3.8) is 0 Å². The third-order valence-corrected chi connectivity index (χ3v) is 3.51. The molecule has 2 aromatic carbocycles. The van der Waals surface area contributed by atoms with Crippen LogP contribution in [0.2, 0.25) is 0 Å². The number of rotatable bonds is 2. The van der Waals surface area contributed by atoms with Gasteiger partial charge in [0.05, 0.1) is 11.3 Å². The molecule has 120 valence electrons. The zero-order chi connectivity index (χ0) is 16.6. The van der Waals surface area contributed by atoms with Crippen LogP contribution in [0.5, 0.6) is 11.5 Å². The average Bonchev–Trinajstić information content (AvgIpc) is 2.48. The molecular formula is C16H12F3NO3. The fourth-order valence-electron chi connectivity index (χ4n) is 2.45. The molecule has 0 bridgehead atoms. The Hall–Kier alpha value is -2.70. The van der Waals surface area contributed by atoms with Gasteiger partial charge in [-0.25, -0.2) is 0 Å². The molecule has 0 saturated carbocycles. The van der Waals surface area contributed by atoms with E-state index in [2.05, 4.69) is 5.32 Å². The molecular weight excluding hydrogens is 311 g/mol. The van der Waals surface area contributed by atoms with E-state index in [4.69, 9.17) is 4.74 Å². The van der Waals surface area contributed by atoms with E-state index < -0.39 is 23.8 Å². The molecule has 0 aliphatic carbocycles. The van der Waals surface area contributed by atoms with Crippen molar-refractivity contribution in [2.45, 2.75) is 18.7 Å². The monoisotopic (exact) mass is 323 g/mol. The number of amides is 1. The third kappa shape index (κ3) is 3.08. The molecule has 0 fully saturated rings. The molecule has 2 N–H and O–H groups in total. The van der Waals surface area contributed by atoms with Gasteiger partial charge < -0.3 is 15.2 Å². The van der Waals surface area contributed by atoms with Crippen molar-refractivity contribution in [3.8, 4) is 11.5 Å². The number of halogens is 3. The fourth-order valence-corrected chi connectivity index (χ4v) is 2.45. The summed E-state index contributed by atoms with van der Waals surface area (Å²) in [4.78, 5) is 12.0. The van der Waals surface area contributed by atoms with Crippen LogP contribution < -0.4 is 10.1 Å². The number of carbonyl (C=O) groups excluding carboxylic acids is 1. The molecule has 0 radical (unpaired) electrons. The van der Waals surface area contributed by atoms with Crippen molar-refractivity contribution in [1.82, 2.24) is 0 Å². The van der Waals surface area contributed by atoms with E-state index >= 15 is 0 Å². The summed E-state index contributed by atoms with van der Waals surface area (Å²) in [6.45, 7) is 0. The van der Waals surface area contributed by atoms with E-state index in [1.165, 1.54) is 36.4 Å². The van der Waals surface area contributed by atoms with Crippen LogP contribution in [0.1, 0.15) is 11.1 Å². The molecule has 1 atom stereocenters. The van der Waals surface area contributed by atoms with E-state index in [0.717, 1.165) is 6.07 Å². The number of alkyl halides is 3. The second-order valence-electron chi connectivity index (χ2n) is 5.14. The van der Waals surface area contributed by atoms with Crippen molar-refractivity contribution in [3.05, 3.63) is 53.6 Å². The molecule has 1 amide bonds. The molecule has 0 saturated heterocycles. The van der Waals surface area contributed by atoms with Crippen molar-refractivity contribution < 1.29 is 27.8 Å². The van der Waals surface area contributed by atoms with Gasteiger partial charge in [-0.2, -0.15) is 13.2 Å². The highest BCUT2D eigenvalue weighted by atomic mass is 19.4. The number of hydrogen-bond donors (Lipinski definition) is 2. The summed E-state index contributed by atoms with van der Waals surface area (Å²) >= 11 is 0. The molecule has 0 spiro atoms. The molecule has 3 rings (SSSR count). The number of anilines is 1. The number of fused-ring (bicyclic) bond motifs is 1. The minimum Gasteiger partial charge on any atom is -0.508 e. The van der Waals surface area contributed by atoms with Crippen LogP contribution >= 0.6 is 0 Å². The predicted molar refractivity (Wildman–Crippen MR) is 76.3 cm³/mol. The van der Waals surface area contributed by atoms with E-state index in [1.807, 2.05) is 0 Å². The van der Waals surface area contributed by atoms with E-state index in [0.29, 0.717) is 5.75 Å². The van der Waals surface area contributed by atoms with Crippen LogP contribution in [0.3, 0.4) is 0 Å². The summed E-state index contributed by atoms with van der Waals surface area (Å²) in [5.74, 6) is -0.300. The minimum absolute atomic E-state index is 0.0117. The maximum absolute atomic E-state index is 13.0. The Morgan fingerprint density at radius 2 is 1.91 bits per heavy atom. The maximum Gasteiger partial charge on any atom is 0.416 e. The lowest BCUT2D eigenvalue weighted by Gasteiger charge is -2.26. The summed E-state index contributed by atoms with van der Waals surface area (Å²) in [6.07, 6.45) is -5.77. The van der Waals surface area contributed by atoms with E-state index in [9.17, 15) is 23.1 Å². The first-order chi connectivity index (χ1) is 10.8. The lowest BCUT2D eigenvalue weighted by molar-refractivity contribution is -0.138. The zero-order valence-corrected chi connectivity index (χ0v) is 11.7. The van der Waals surface area contributed by atoms with Gasteiger partial charge in [-0.05, 0) is 23.8 Å². The smallest absolute Gasteiger partial charge is 0.416 e. The fraction of sp³-hybridized carbons (Fsp3) is 0.188. The number of phenolic OH excluding ortho intramolecular Hbond substituents is 1. The summed E-state index contributed by atoms with van der Waals surface area (Å²) in [5.41, 5.74) is -0.509. The second kappa shape index (κ2) is 5.49. The number of benzene rings is 2. The maximum atomic E-state index is 13.0. The quantitative estimate of drug-likeness (QED) is 0.891. The number of carbonyl (C=O) groups is 1. The van der Waals surface area contributed by atoms with Gasteiger partial charge in [-0.1, -0.05) is 18.2 Å². The lowest BCUT2D eigenvalue weighted by atomic mass is 10.00.